The van der Waals surface area contributed by atoms with Crippen LogP contribution in [0.5, 0.6) is 0 Å². The number of nitrogens with two attached hydrogens (primary N) is 1. The standard InChI is InChI=1S/C13H19ClN2S/c1-3-16(8-10(2)13(15)17)9-11-6-4-5-7-12(11)14/h4-7,10H,3,8-9H2,1-2H3,(H2,15,17). The van der Waals surface area contributed by atoms with Gasteiger partial charge < -0.3 is 5.73 Å². The third-order valence-corrected chi connectivity index (χ3v) is 3.59. The van der Waals surface area contributed by atoms with E-state index in [0.717, 1.165) is 30.2 Å². The van der Waals surface area contributed by atoms with Crippen LogP contribution in [0.25, 0.3) is 0 Å². The van der Waals surface area contributed by atoms with Gasteiger partial charge in [-0.3, -0.25) is 4.90 Å². The van der Waals surface area contributed by atoms with Crippen molar-refractivity contribution in [3.63, 3.8) is 0 Å². The Morgan fingerprint density at radius 1 is 1.47 bits per heavy atom. The highest BCUT2D eigenvalue weighted by Crippen LogP contribution is 2.17. The lowest BCUT2D eigenvalue weighted by Crippen LogP contribution is -2.33. The molecule has 1 atom stereocenters. The van der Waals surface area contributed by atoms with Crippen LogP contribution in [0, 0.1) is 5.92 Å². The van der Waals surface area contributed by atoms with Crippen molar-refractivity contribution in [1.82, 2.24) is 4.90 Å². The Labute approximate surface area is 114 Å². The Hall–Kier alpha value is -0.640. The summed E-state index contributed by atoms with van der Waals surface area (Å²) in [7, 11) is 0. The van der Waals surface area contributed by atoms with Gasteiger partial charge in [-0.15, -0.1) is 0 Å². The lowest BCUT2D eigenvalue weighted by atomic mass is 10.1. The molecule has 1 rings (SSSR count). The fourth-order valence-electron chi connectivity index (χ4n) is 1.65. The van der Waals surface area contributed by atoms with Crippen LogP contribution in [-0.4, -0.2) is 23.0 Å². The number of thiocarbonyl (C=S) groups is 1. The molecule has 0 fully saturated rings. The van der Waals surface area contributed by atoms with Gasteiger partial charge in [0.15, 0.2) is 0 Å². The quantitative estimate of drug-likeness (QED) is 0.806. The van der Waals surface area contributed by atoms with E-state index >= 15 is 0 Å². The van der Waals surface area contributed by atoms with Gasteiger partial charge in [-0.05, 0) is 18.2 Å². The molecule has 0 aliphatic carbocycles. The normalized spacial score (nSPS) is 12.7. The van der Waals surface area contributed by atoms with Crippen molar-refractivity contribution in [1.29, 1.82) is 0 Å². The summed E-state index contributed by atoms with van der Waals surface area (Å²) >= 11 is 11.1. The predicted molar refractivity (Wildman–Crippen MR) is 78.4 cm³/mol. The number of rotatable bonds is 6. The van der Waals surface area contributed by atoms with Gasteiger partial charge in [0, 0.05) is 24.0 Å². The van der Waals surface area contributed by atoms with E-state index in [2.05, 4.69) is 24.8 Å². The summed E-state index contributed by atoms with van der Waals surface area (Å²) in [5, 5.41) is 0.814. The second-order valence-corrected chi connectivity index (χ2v) is 5.10. The lowest BCUT2D eigenvalue weighted by Gasteiger charge is -2.24. The van der Waals surface area contributed by atoms with E-state index in [1.54, 1.807) is 0 Å². The first-order chi connectivity index (χ1) is 8.04. The van der Waals surface area contributed by atoms with Gasteiger partial charge in [0.25, 0.3) is 0 Å². The minimum atomic E-state index is 0.229. The molecule has 0 bridgehead atoms. The fraction of sp³-hybridized carbons (Fsp3) is 0.462. The molecule has 94 valence electrons. The molecule has 0 saturated heterocycles. The van der Waals surface area contributed by atoms with Crippen LogP contribution in [0.3, 0.4) is 0 Å². The zero-order chi connectivity index (χ0) is 12.8. The van der Waals surface area contributed by atoms with Crippen molar-refractivity contribution in [3.8, 4) is 0 Å². The third kappa shape index (κ3) is 4.62. The Balaban J connectivity index is 2.64. The van der Waals surface area contributed by atoms with E-state index < -0.39 is 0 Å². The first-order valence-electron chi connectivity index (χ1n) is 5.79. The molecule has 0 aliphatic heterocycles. The second kappa shape index (κ2) is 6.94. The molecule has 1 aromatic rings. The molecule has 0 aliphatic rings. The van der Waals surface area contributed by atoms with Crippen LogP contribution in [0.15, 0.2) is 24.3 Å². The molecule has 0 radical (unpaired) electrons. The maximum absolute atomic E-state index is 6.15. The van der Waals surface area contributed by atoms with Gasteiger partial charge >= 0.3 is 0 Å². The molecule has 0 saturated carbocycles. The zero-order valence-electron chi connectivity index (χ0n) is 10.3. The van der Waals surface area contributed by atoms with Crippen molar-refractivity contribution >= 4 is 28.8 Å². The monoisotopic (exact) mass is 270 g/mol. The van der Waals surface area contributed by atoms with Crippen molar-refractivity contribution in [2.45, 2.75) is 20.4 Å². The summed E-state index contributed by atoms with van der Waals surface area (Å²) in [6.07, 6.45) is 0. The maximum atomic E-state index is 6.15. The first-order valence-corrected chi connectivity index (χ1v) is 6.58. The highest BCUT2D eigenvalue weighted by Gasteiger charge is 2.12. The van der Waals surface area contributed by atoms with Gasteiger partial charge in [-0.1, -0.05) is 55.9 Å². The lowest BCUT2D eigenvalue weighted by molar-refractivity contribution is 0.264. The summed E-state index contributed by atoms with van der Waals surface area (Å²) in [5.74, 6) is 0.229. The van der Waals surface area contributed by atoms with Crippen molar-refractivity contribution in [2.75, 3.05) is 13.1 Å². The summed E-state index contributed by atoms with van der Waals surface area (Å²) < 4.78 is 0. The Morgan fingerprint density at radius 3 is 2.65 bits per heavy atom. The largest absolute Gasteiger partial charge is 0.393 e. The molecular formula is C13H19ClN2S. The van der Waals surface area contributed by atoms with E-state index in [0.29, 0.717) is 4.99 Å². The van der Waals surface area contributed by atoms with E-state index in [9.17, 15) is 0 Å². The molecule has 4 heteroatoms. The van der Waals surface area contributed by atoms with Crippen LogP contribution in [0.4, 0.5) is 0 Å². The predicted octanol–water partition coefficient (Wildman–Crippen LogP) is 3.08. The van der Waals surface area contributed by atoms with Crippen molar-refractivity contribution in [3.05, 3.63) is 34.9 Å². The molecule has 0 aromatic heterocycles. The molecule has 1 aromatic carbocycles. The van der Waals surface area contributed by atoms with Crippen LogP contribution in [0.1, 0.15) is 19.4 Å². The van der Waals surface area contributed by atoms with E-state index in [1.807, 2.05) is 18.2 Å². The van der Waals surface area contributed by atoms with Crippen LogP contribution in [0.2, 0.25) is 5.02 Å². The first kappa shape index (κ1) is 14.4. The minimum Gasteiger partial charge on any atom is -0.393 e. The summed E-state index contributed by atoms with van der Waals surface area (Å²) in [6, 6.07) is 7.92. The van der Waals surface area contributed by atoms with E-state index in [-0.39, 0.29) is 5.92 Å². The van der Waals surface area contributed by atoms with E-state index in [4.69, 9.17) is 29.6 Å². The number of nitrogens with zero attached hydrogens (tertiary/aromatic N) is 1. The number of benzene rings is 1. The second-order valence-electron chi connectivity index (χ2n) is 4.22. The molecule has 2 nitrogen and oxygen atoms in total. The molecule has 1 unspecified atom stereocenters. The average Bonchev–Trinajstić information content (AvgIpc) is 2.30. The highest BCUT2D eigenvalue weighted by atomic mass is 35.5. The Kier molecular flexibility index (Phi) is 5.89. The molecule has 0 heterocycles. The zero-order valence-corrected chi connectivity index (χ0v) is 11.9. The summed E-state index contributed by atoms with van der Waals surface area (Å²) in [6.45, 7) is 6.85. The molecule has 0 spiro atoms. The molecule has 0 amide bonds. The van der Waals surface area contributed by atoms with Gasteiger partial charge in [0.05, 0.1) is 4.99 Å². The number of hydrogen-bond donors (Lipinski definition) is 1. The highest BCUT2D eigenvalue weighted by molar-refractivity contribution is 7.80. The van der Waals surface area contributed by atoms with Gasteiger partial charge in [-0.25, -0.2) is 0 Å². The van der Waals surface area contributed by atoms with Crippen molar-refractivity contribution in [2.24, 2.45) is 11.7 Å². The maximum Gasteiger partial charge on any atom is 0.0768 e. The summed E-state index contributed by atoms with van der Waals surface area (Å²) in [5.41, 5.74) is 6.79. The smallest absolute Gasteiger partial charge is 0.0768 e. The van der Waals surface area contributed by atoms with Crippen LogP contribution in [-0.2, 0) is 6.54 Å². The summed E-state index contributed by atoms with van der Waals surface area (Å²) in [4.78, 5) is 2.87. The van der Waals surface area contributed by atoms with E-state index in [1.165, 1.54) is 0 Å². The average molecular weight is 271 g/mol. The molecule has 17 heavy (non-hydrogen) atoms. The van der Waals surface area contributed by atoms with Crippen molar-refractivity contribution < 1.29 is 0 Å². The molecular weight excluding hydrogens is 252 g/mol. The van der Waals surface area contributed by atoms with Crippen LogP contribution >= 0.6 is 23.8 Å². The van der Waals surface area contributed by atoms with Crippen LogP contribution < -0.4 is 5.73 Å². The van der Waals surface area contributed by atoms with Gasteiger partial charge in [-0.2, -0.15) is 0 Å². The fourth-order valence-corrected chi connectivity index (χ4v) is 1.92. The number of halogens is 1. The number of hydrogen-bond acceptors (Lipinski definition) is 2. The molecule has 2 N–H and O–H groups in total. The topological polar surface area (TPSA) is 29.3 Å². The van der Waals surface area contributed by atoms with Gasteiger partial charge in [0.2, 0.25) is 0 Å². The Morgan fingerprint density at radius 2 is 2.12 bits per heavy atom. The third-order valence-electron chi connectivity index (χ3n) is 2.82. The Bertz CT molecular complexity index is 381. The minimum absolute atomic E-state index is 0.229. The van der Waals surface area contributed by atoms with Gasteiger partial charge in [0.1, 0.15) is 0 Å². The SMILES string of the molecule is CCN(Cc1ccccc1Cl)CC(C)C(N)=S.